The summed E-state index contributed by atoms with van der Waals surface area (Å²) in [6.45, 7) is 1.77. The molecule has 1 aromatic carbocycles. The summed E-state index contributed by atoms with van der Waals surface area (Å²) < 4.78 is 9.07. The summed E-state index contributed by atoms with van der Waals surface area (Å²) in [5.41, 5.74) is 1.63. The number of hydrogen-bond acceptors (Lipinski definition) is 6. The normalized spacial score (nSPS) is 16.0. The summed E-state index contributed by atoms with van der Waals surface area (Å²) >= 11 is 0. The van der Waals surface area contributed by atoms with E-state index in [1.54, 1.807) is 19.1 Å². The number of fused-ring (bicyclic) bond motifs is 1. The van der Waals surface area contributed by atoms with Crippen LogP contribution < -0.4 is 0 Å². The molecule has 2 aliphatic heterocycles. The molecule has 0 bridgehead atoms. The fourth-order valence-corrected chi connectivity index (χ4v) is 2.49. The molecule has 2 heterocycles. The minimum Gasteiger partial charge on any atom is -0.386 e. The fourth-order valence-electron chi connectivity index (χ4n) is 2.49. The van der Waals surface area contributed by atoms with Crippen molar-refractivity contribution in [2.24, 2.45) is 0 Å². The van der Waals surface area contributed by atoms with E-state index >= 15 is 0 Å². The van der Waals surface area contributed by atoms with Crippen LogP contribution in [0.4, 0.5) is 0 Å². The Morgan fingerprint density at radius 1 is 0.960 bits per heavy atom. The number of rotatable bonds is 3. The first-order valence-electron chi connectivity index (χ1n) is 7.57. The molecule has 0 saturated heterocycles. The van der Waals surface area contributed by atoms with Gasteiger partial charge in [-0.2, -0.15) is 0 Å². The molecule has 25 heavy (non-hydrogen) atoms. The predicted octanol–water partition coefficient (Wildman–Crippen LogP) is 2.08. The van der Waals surface area contributed by atoms with Crippen LogP contribution in [0.5, 0.6) is 0 Å². The van der Waals surface area contributed by atoms with Crippen molar-refractivity contribution in [1.82, 2.24) is 0 Å². The van der Waals surface area contributed by atoms with Crippen molar-refractivity contribution in [1.29, 1.82) is 0 Å². The second kappa shape index (κ2) is 6.57. The molecule has 0 unspecified atom stereocenters. The third kappa shape index (κ3) is 3.12. The van der Waals surface area contributed by atoms with E-state index in [2.05, 4.69) is 21.3 Å². The smallest absolute Gasteiger partial charge is 0.346 e. The Bertz CT molecular complexity index is 936. The topological polar surface area (TPSA) is 86.7 Å². The Morgan fingerprint density at radius 3 is 2.44 bits per heavy atom. The molecule has 0 atom stereocenters. The Kier molecular flexibility index (Phi) is 4.31. The first-order valence-corrected chi connectivity index (χ1v) is 7.57. The number of ether oxygens (including phenoxy) is 2. The molecule has 0 amide bonds. The summed E-state index contributed by atoms with van der Waals surface area (Å²) in [6, 6.07) is 4.63. The SMILES string of the molecule is CCC1=C(/C=C\CC#Cc2ccc3c(c2)C(=O)OC3=O)C(=O)OC1=O. The highest BCUT2D eigenvalue weighted by molar-refractivity contribution is 6.15. The maximum Gasteiger partial charge on any atom is 0.346 e. The number of hydrogen-bond donors (Lipinski definition) is 0. The molecule has 1 aromatic rings. The third-order valence-corrected chi connectivity index (χ3v) is 3.71. The Labute approximate surface area is 143 Å². The lowest BCUT2D eigenvalue weighted by Gasteiger charge is -1.93. The zero-order chi connectivity index (χ0) is 18.0. The summed E-state index contributed by atoms with van der Waals surface area (Å²) in [7, 11) is 0. The van der Waals surface area contributed by atoms with Crippen molar-refractivity contribution in [2.75, 3.05) is 0 Å². The number of benzene rings is 1. The molecule has 3 rings (SSSR count). The second-order valence-corrected chi connectivity index (χ2v) is 5.27. The van der Waals surface area contributed by atoms with Crippen LogP contribution in [0.1, 0.15) is 46.0 Å². The first kappa shape index (κ1) is 16.4. The largest absolute Gasteiger partial charge is 0.386 e. The zero-order valence-electron chi connectivity index (χ0n) is 13.3. The van der Waals surface area contributed by atoms with Crippen molar-refractivity contribution >= 4 is 23.9 Å². The van der Waals surface area contributed by atoms with Crippen molar-refractivity contribution < 1.29 is 28.7 Å². The average Bonchev–Trinajstić information content (AvgIpc) is 3.02. The van der Waals surface area contributed by atoms with E-state index in [0.29, 0.717) is 24.0 Å². The molecule has 6 nitrogen and oxygen atoms in total. The van der Waals surface area contributed by atoms with Gasteiger partial charge in [-0.05, 0) is 24.6 Å². The van der Waals surface area contributed by atoms with Crippen molar-refractivity contribution in [3.05, 3.63) is 58.2 Å². The molecule has 0 saturated carbocycles. The Balaban J connectivity index is 1.70. The van der Waals surface area contributed by atoms with Crippen molar-refractivity contribution in [2.45, 2.75) is 19.8 Å². The lowest BCUT2D eigenvalue weighted by atomic mass is 10.1. The van der Waals surface area contributed by atoms with E-state index in [1.165, 1.54) is 18.2 Å². The van der Waals surface area contributed by atoms with Gasteiger partial charge in [0.15, 0.2) is 0 Å². The molecule has 0 N–H and O–H groups in total. The number of carbonyl (C=O) groups is 4. The Hall–Kier alpha value is -3.46. The second-order valence-electron chi connectivity index (χ2n) is 5.27. The van der Waals surface area contributed by atoms with Gasteiger partial charge in [0.25, 0.3) is 0 Å². The number of cyclic esters (lactones) is 4. The van der Waals surface area contributed by atoms with Crippen LogP contribution in [0.15, 0.2) is 41.5 Å². The van der Waals surface area contributed by atoms with Gasteiger partial charge in [-0.1, -0.05) is 30.9 Å². The Morgan fingerprint density at radius 2 is 1.68 bits per heavy atom. The van der Waals surface area contributed by atoms with E-state index in [-0.39, 0.29) is 16.7 Å². The van der Waals surface area contributed by atoms with Crippen molar-refractivity contribution in [3.63, 3.8) is 0 Å². The molecule has 0 aromatic heterocycles. The molecular weight excluding hydrogens is 324 g/mol. The van der Waals surface area contributed by atoms with Gasteiger partial charge in [0.05, 0.1) is 22.3 Å². The summed E-state index contributed by atoms with van der Waals surface area (Å²) in [4.78, 5) is 45.8. The van der Waals surface area contributed by atoms with Crippen LogP contribution in [-0.4, -0.2) is 23.9 Å². The van der Waals surface area contributed by atoms with Crippen LogP contribution in [0.3, 0.4) is 0 Å². The molecule has 0 spiro atoms. The number of allylic oxidation sites excluding steroid dienone is 1. The third-order valence-electron chi connectivity index (χ3n) is 3.71. The molecule has 0 radical (unpaired) electrons. The summed E-state index contributed by atoms with van der Waals surface area (Å²) in [5.74, 6) is 3.16. The molecular formula is C19H12O6. The lowest BCUT2D eigenvalue weighted by Crippen LogP contribution is -2.01. The molecule has 124 valence electrons. The zero-order valence-corrected chi connectivity index (χ0v) is 13.3. The highest BCUT2D eigenvalue weighted by Gasteiger charge is 2.30. The molecule has 0 aliphatic carbocycles. The van der Waals surface area contributed by atoms with Crippen molar-refractivity contribution in [3.8, 4) is 11.8 Å². The van der Waals surface area contributed by atoms with Gasteiger partial charge < -0.3 is 9.47 Å². The van der Waals surface area contributed by atoms with Gasteiger partial charge in [-0.15, -0.1) is 0 Å². The van der Waals surface area contributed by atoms with E-state index in [1.807, 2.05) is 0 Å². The van der Waals surface area contributed by atoms with Gasteiger partial charge in [0.1, 0.15) is 0 Å². The van der Waals surface area contributed by atoms with Crippen LogP contribution in [0.25, 0.3) is 0 Å². The monoisotopic (exact) mass is 336 g/mol. The van der Waals surface area contributed by atoms with Crippen LogP contribution in [0, 0.1) is 11.8 Å². The van der Waals surface area contributed by atoms with Gasteiger partial charge in [0.2, 0.25) is 0 Å². The number of carbonyl (C=O) groups excluding carboxylic acids is 4. The van der Waals surface area contributed by atoms with E-state index in [9.17, 15) is 19.2 Å². The summed E-state index contributed by atoms with van der Waals surface area (Å²) in [5, 5.41) is 0. The maximum atomic E-state index is 11.5. The lowest BCUT2D eigenvalue weighted by molar-refractivity contribution is -0.151. The minimum absolute atomic E-state index is 0.206. The maximum absolute atomic E-state index is 11.5. The van der Waals surface area contributed by atoms with Gasteiger partial charge in [-0.3, -0.25) is 0 Å². The average molecular weight is 336 g/mol. The van der Waals surface area contributed by atoms with Gasteiger partial charge in [0, 0.05) is 12.0 Å². The molecule has 6 heteroatoms. The first-order chi connectivity index (χ1) is 12.0. The molecule has 2 aliphatic rings. The molecule has 0 fully saturated rings. The van der Waals surface area contributed by atoms with Gasteiger partial charge >= 0.3 is 23.9 Å². The minimum atomic E-state index is -0.674. The van der Waals surface area contributed by atoms with E-state index in [0.717, 1.165) is 0 Å². The van der Waals surface area contributed by atoms with Crippen LogP contribution in [-0.2, 0) is 19.1 Å². The summed E-state index contributed by atoms with van der Waals surface area (Å²) in [6.07, 6.45) is 3.94. The van der Waals surface area contributed by atoms with Crippen LogP contribution >= 0.6 is 0 Å². The van der Waals surface area contributed by atoms with E-state index in [4.69, 9.17) is 0 Å². The fraction of sp³-hybridized carbons (Fsp3) is 0.158. The standard InChI is InChI=1S/C19H12O6/c1-2-12-13(17(21)24-16(12)20)7-5-3-4-6-11-8-9-14-15(10-11)19(23)25-18(14)22/h5,7-10H,2-3H2,1H3/b7-5-. The predicted molar refractivity (Wildman–Crippen MR) is 85.2 cm³/mol. The number of esters is 4. The van der Waals surface area contributed by atoms with Gasteiger partial charge in [-0.25, -0.2) is 19.2 Å². The highest BCUT2D eigenvalue weighted by Crippen LogP contribution is 2.22. The van der Waals surface area contributed by atoms with E-state index < -0.39 is 23.9 Å². The highest BCUT2D eigenvalue weighted by atomic mass is 16.6. The quantitative estimate of drug-likeness (QED) is 0.477. The van der Waals surface area contributed by atoms with Crippen LogP contribution in [0.2, 0.25) is 0 Å².